The van der Waals surface area contributed by atoms with Crippen LogP contribution in [0.5, 0.6) is 5.88 Å². The molecule has 4 nitrogen and oxygen atoms in total. The Morgan fingerprint density at radius 2 is 1.29 bits per heavy atom. The number of nitrogens with zero attached hydrogens (tertiary/aromatic N) is 3. The molecule has 0 amide bonds. The third-order valence-corrected chi connectivity index (χ3v) is 8.41. The summed E-state index contributed by atoms with van der Waals surface area (Å²) in [6, 6.07) is 0. The Balaban J connectivity index is 1.33. The average Bonchev–Trinajstić information content (AvgIpc) is 2.83. The Labute approximate surface area is 218 Å². The van der Waals surface area contributed by atoms with Crippen LogP contribution in [0.2, 0.25) is 0 Å². The largest absolute Gasteiger partial charge is 0.473 e. The SMILES string of the molecule is CCCCCCCCCCCCCCCCc1nc(N2CCCCC2)nc(OC2CCC2)c1Br. The lowest BCUT2D eigenvalue weighted by molar-refractivity contribution is 0.113. The van der Waals surface area contributed by atoms with E-state index in [0.29, 0.717) is 6.10 Å². The van der Waals surface area contributed by atoms with Crippen molar-refractivity contribution in [2.24, 2.45) is 0 Å². The van der Waals surface area contributed by atoms with Gasteiger partial charge in [0.05, 0.1) is 5.69 Å². The molecule has 1 aliphatic carbocycles. The first-order valence-electron chi connectivity index (χ1n) is 14.8. The first-order valence-corrected chi connectivity index (χ1v) is 15.5. The lowest BCUT2D eigenvalue weighted by atomic mass is 9.96. The van der Waals surface area contributed by atoms with E-state index < -0.39 is 0 Å². The van der Waals surface area contributed by atoms with Gasteiger partial charge in [0.15, 0.2) is 0 Å². The Morgan fingerprint density at radius 3 is 1.82 bits per heavy atom. The van der Waals surface area contributed by atoms with Crippen LogP contribution >= 0.6 is 15.9 Å². The van der Waals surface area contributed by atoms with E-state index in [1.165, 1.54) is 116 Å². The Morgan fingerprint density at radius 1 is 0.735 bits per heavy atom. The van der Waals surface area contributed by atoms with E-state index in [1.54, 1.807) is 0 Å². The van der Waals surface area contributed by atoms with Crippen molar-refractivity contribution in [3.63, 3.8) is 0 Å². The van der Waals surface area contributed by atoms with Gasteiger partial charge in [-0.05, 0) is 67.3 Å². The molecule has 3 rings (SSSR count). The van der Waals surface area contributed by atoms with Crippen molar-refractivity contribution in [3.8, 4) is 5.88 Å². The van der Waals surface area contributed by atoms with Crippen molar-refractivity contribution >= 4 is 21.9 Å². The highest BCUT2D eigenvalue weighted by Gasteiger charge is 2.24. The zero-order valence-corrected chi connectivity index (χ0v) is 23.6. The molecule has 0 aromatic carbocycles. The summed E-state index contributed by atoms with van der Waals surface area (Å²) in [5, 5.41) is 0. The summed E-state index contributed by atoms with van der Waals surface area (Å²) in [7, 11) is 0. The van der Waals surface area contributed by atoms with Gasteiger partial charge in [-0.2, -0.15) is 4.98 Å². The zero-order valence-electron chi connectivity index (χ0n) is 22.0. The standard InChI is InChI=1S/C29H50BrN3O/c1-2-3-4-5-6-7-8-9-10-11-12-13-14-16-22-26-27(30)28(34-25-20-19-21-25)32-29(31-26)33-23-17-15-18-24-33/h25H,2-24H2,1H3. The number of unbranched alkanes of at least 4 members (excludes halogenated alkanes) is 13. The molecule has 0 atom stereocenters. The lowest BCUT2D eigenvalue weighted by Gasteiger charge is -2.29. The molecule has 1 aromatic rings. The van der Waals surface area contributed by atoms with Gasteiger partial charge in [0.2, 0.25) is 11.8 Å². The molecule has 0 spiro atoms. The molecule has 1 saturated heterocycles. The summed E-state index contributed by atoms with van der Waals surface area (Å²) in [6.45, 7) is 4.44. The van der Waals surface area contributed by atoms with E-state index in [9.17, 15) is 0 Å². The summed E-state index contributed by atoms with van der Waals surface area (Å²) in [6.07, 6.45) is 28.3. The lowest BCUT2D eigenvalue weighted by Crippen LogP contribution is -2.32. The van der Waals surface area contributed by atoms with Gasteiger partial charge in [0.25, 0.3) is 0 Å². The highest BCUT2D eigenvalue weighted by atomic mass is 79.9. The van der Waals surface area contributed by atoms with Crippen LogP contribution in [0, 0.1) is 0 Å². The molecular formula is C29H50BrN3O. The second-order valence-corrected chi connectivity index (χ2v) is 11.4. The zero-order chi connectivity index (χ0) is 23.8. The van der Waals surface area contributed by atoms with Crippen molar-refractivity contribution in [3.05, 3.63) is 10.2 Å². The molecule has 1 aliphatic heterocycles. The quantitative estimate of drug-likeness (QED) is 0.175. The van der Waals surface area contributed by atoms with Crippen molar-refractivity contribution in [1.29, 1.82) is 0 Å². The maximum Gasteiger partial charge on any atom is 0.233 e. The Bertz CT molecular complexity index is 674. The van der Waals surface area contributed by atoms with Crippen molar-refractivity contribution in [1.82, 2.24) is 9.97 Å². The van der Waals surface area contributed by atoms with Gasteiger partial charge in [-0.25, -0.2) is 4.98 Å². The van der Waals surface area contributed by atoms with Crippen LogP contribution in [0.3, 0.4) is 0 Å². The van der Waals surface area contributed by atoms with Crippen LogP contribution in [0.15, 0.2) is 4.47 Å². The molecule has 1 aromatic heterocycles. The molecular weight excluding hydrogens is 486 g/mol. The monoisotopic (exact) mass is 535 g/mol. The second kappa shape index (κ2) is 16.8. The first-order chi connectivity index (χ1) is 16.8. The molecule has 2 heterocycles. The third kappa shape index (κ3) is 10.0. The number of piperidine rings is 1. The molecule has 1 saturated carbocycles. The van der Waals surface area contributed by atoms with Gasteiger partial charge in [0.1, 0.15) is 10.6 Å². The van der Waals surface area contributed by atoms with Gasteiger partial charge in [-0.3, -0.25) is 0 Å². The number of aromatic nitrogens is 2. The van der Waals surface area contributed by atoms with Crippen LogP contribution in [0.25, 0.3) is 0 Å². The topological polar surface area (TPSA) is 38.2 Å². The summed E-state index contributed by atoms with van der Waals surface area (Å²) < 4.78 is 7.25. The molecule has 2 aliphatic rings. The average molecular weight is 537 g/mol. The predicted molar refractivity (Wildman–Crippen MR) is 148 cm³/mol. The summed E-state index contributed by atoms with van der Waals surface area (Å²) in [4.78, 5) is 12.2. The van der Waals surface area contributed by atoms with Crippen LogP contribution in [0.1, 0.15) is 141 Å². The normalized spacial score (nSPS) is 16.6. The van der Waals surface area contributed by atoms with E-state index in [4.69, 9.17) is 14.7 Å². The molecule has 194 valence electrons. The Kier molecular flexibility index (Phi) is 13.7. The number of anilines is 1. The van der Waals surface area contributed by atoms with E-state index >= 15 is 0 Å². The van der Waals surface area contributed by atoms with Crippen molar-refractivity contribution < 1.29 is 4.74 Å². The maximum absolute atomic E-state index is 6.25. The van der Waals surface area contributed by atoms with Crippen LogP contribution < -0.4 is 9.64 Å². The van der Waals surface area contributed by atoms with Gasteiger partial charge in [0, 0.05) is 13.1 Å². The molecule has 2 fully saturated rings. The number of halogens is 1. The van der Waals surface area contributed by atoms with Crippen LogP contribution in [-0.2, 0) is 6.42 Å². The second-order valence-electron chi connectivity index (χ2n) is 10.7. The molecule has 34 heavy (non-hydrogen) atoms. The molecule has 0 bridgehead atoms. The number of aryl methyl sites for hydroxylation is 1. The number of rotatable bonds is 18. The van der Waals surface area contributed by atoms with Gasteiger partial charge in [-0.15, -0.1) is 0 Å². The van der Waals surface area contributed by atoms with Gasteiger partial charge in [-0.1, -0.05) is 90.4 Å². The minimum atomic E-state index is 0.342. The summed E-state index contributed by atoms with van der Waals surface area (Å²) in [5.41, 5.74) is 1.14. The minimum Gasteiger partial charge on any atom is -0.473 e. The van der Waals surface area contributed by atoms with Gasteiger partial charge >= 0.3 is 0 Å². The fourth-order valence-electron chi connectivity index (χ4n) is 5.07. The fraction of sp³-hybridized carbons (Fsp3) is 0.862. The molecule has 5 heteroatoms. The van der Waals surface area contributed by atoms with E-state index in [1.807, 2.05) is 0 Å². The number of hydrogen-bond donors (Lipinski definition) is 0. The van der Waals surface area contributed by atoms with Crippen LogP contribution in [-0.4, -0.2) is 29.2 Å². The highest BCUT2D eigenvalue weighted by Crippen LogP contribution is 2.34. The third-order valence-electron chi connectivity index (χ3n) is 7.61. The molecule has 0 N–H and O–H groups in total. The summed E-state index contributed by atoms with van der Waals surface area (Å²) >= 11 is 3.79. The number of ether oxygens (including phenoxy) is 1. The fourth-order valence-corrected chi connectivity index (χ4v) is 5.54. The molecule has 0 radical (unpaired) electrons. The first kappa shape index (κ1) is 27.7. The molecule has 0 unspecified atom stereocenters. The summed E-state index contributed by atoms with van der Waals surface area (Å²) in [5.74, 6) is 1.67. The van der Waals surface area contributed by atoms with E-state index in [-0.39, 0.29) is 0 Å². The number of hydrogen-bond acceptors (Lipinski definition) is 4. The maximum atomic E-state index is 6.25. The van der Waals surface area contributed by atoms with Crippen LogP contribution in [0.4, 0.5) is 5.95 Å². The predicted octanol–water partition coefficient (Wildman–Crippen LogP) is 9.18. The Hall–Kier alpha value is -0.840. The van der Waals surface area contributed by atoms with E-state index in [0.717, 1.165) is 54.3 Å². The highest BCUT2D eigenvalue weighted by molar-refractivity contribution is 9.10. The van der Waals surface area contributed by atoms with Crippen molar-refractivity contribution in [2.75, 3.05) is 18.0 Å². The van der Waals surface area contributed by atoms with Gasteiger partial charge < -0.3 is 9.64 Å². The van der Waals surface area contributed by atoms with E-state index in [2.05, 4.69) is 27.8 Å². The minimum absolute atomic E-state index is 0.342. The van der Waals surface area contributed by atoms with Crippen molar-refractivity contribution in [2.45, 2.75) is 148 Å². The smallest absolute Gasteiger partial charge is 0.233 e.